The molecule has 20 heavy (non-hydrogen) atoms. The van der Waals surface area contributed by atoms with E-state index in [9.17, 15) is 20.0 Å². The lowest BCUT2D eigenvalue weighted by Gasteiger charge is -2.34. The third kappa shape index (κ3) is 3.26. The Hall–Kier alpha value is -1.22. The van der Waals surface area contributed by atoms with Crippen molar-refractivity contribution in [3.63, 3.8) is 0 Å². The summed E-state index contributed by atoms with van der Waals surface area (Å²) in [5.41, 5.74) is 0.267. The van der Waals surface area contributed by atoms with Crippen LogP contribution in [0.2, 0.25) is 0 Å². The quantitative estimate of drug-likeness (QED) is 0.485. The smallest absolute Gasteiger partial charge is 0.270 e. The van der Waals surface area contributed by atoms with Gasteiger partial charge in [0.05, 0.1) is 16.6 Å². The molecule has 0 spiro atoms. The number of nitro groups is 1. The molecule has 1 aromatic carbocycles. The van der Waals surface area contributed by atoms with E-state index < -0.39 is 4.92 Å². The molecule has 1 N–H and O–H groups in total. The lowest BCUT2D eigenvalue weighted by atomic mass is 9.82. The van der Waals surface area contributed by atoms with Gasteiger partial charge in [-0.05, 0) is 47.4 Å². The number of aliphatic hydroxyl groups excluding tert-OH is 1. The van der Waals surface area contributed by atoms with E-state index in [1.54, 1.807) is 18.0 Å². The van der Waals surface area contributed by atoms with Gasteiger partial charge in [-0.3, -0.25) is 14.9 Å². The number of carbonyl (C=O) groups is 1. The maximum Gasteiger partial charge on any atom is 0.270 e. The fourth-order valence-electron chi connectivity index (χ4n) is 2.32. The number of rotatable bonds is 4. The monoisotopic (exact) mass is 390 g/mol. The maximum absolute atomic E-state index is 12.3. The van der Waals surface area contributed by atoms with Gasteiger partial charge in [0.15, 0.2) is 0 Å². The standard InChI is InChI=1S/C13H15IN2O4/c1-15(7-8-4-10(17)5-8)13(18)11-6-9(16(19)20)2-3-12(11)14/h2-3,6,8,10,17H,4-5,7H2,1H3. The summed E-state index contributed by atoms with van der Waals surface area (Å²) >= 11 is 2.00. The lowest BCUT2D eigenvalue weighted by molar-refractivity contribution is -0.384. The average molecular weight is 390 g/mol. The molecular formula is C13H15IN2O4. The molecule has 1 aromatic rings. The largest absolute Gasteiger partial charge is 0.393 e. The normalized spacial score (nSPS) is 21.1. The van der Waals surface area contributed by atoms with Gasteiger partial charge >= 0.3 is 0 Å². The van der Waals surface area contributed by atoms with Gasteiger partial charge < -0.3 is 10.0 Å². The summed E-state index contributed by atoms with van der Waals surface area (Å²) in [4.78, 5) is 24.2. The Labute approximate surface area is 130 Å². The number of amides is 1. The van der Waals surface area contributed by atoms with E-state index in [2.05, 4.69) is 0 Å². The van der Waals surface area contributed by atoms with E-state index in [0.29, 0.717) is 34.4 Å². The van der Waals surface area contributed by atoms with E-state index in [1.165, 1.54) is 12.1 Å². The number of non-ortho nitro benzene ring substituents is 1. The predicted molar refractivity (Wildman–Crippen MR) is 81.5 cm³/mol. The number of aliphatic hydroxyl groups is 1. The minimum absolute atomic E-state index is 0.0822. The molecule has 7 heteroatoms. The van der Waals surface area contributed by atoms with E-state index >= 15 is 0 Å². The Bertz CT molecular complexity index is 543. The SMILES string of the molecule is CN(CC1CC(O)C1)C(=O)c1cc([N+](=O)[O-])ccc1I. The molecular weight excluding hydrogens is 375 g/mol. The second-order valence-corrected chi connectivity index (χ2v) is 6.26. The first-order valence-corrected chi connectivity index (χ1v) is 7.34. The van der Waals surface area contributed by atoms with Gasteiger partial charge in [-0.2, -0.15) is 0 Å². The van der Waals surface area contributed by atoms with Crippen molar-refractivity contribution >= 4 is 34.2 Å². The first kappa shape index (κ1) is 15.2. The molecule has 1 amide bonds. The molecule has 108 valence electrons. The Morgan fingerprint density at radius 3 is 2.75 bits per heavy atom. The number of nitro benzene ring substituents is 1. The van der Waals surface area contributed by atoms with Crippen molar-refractivity contribution in [2.24, 2.45) is 5.92 Å². The summed E-state index contributed by atoms with van der Waals surface area (Å²) in [7, 11) is 1.68. The highest BCUT2D eigenvalue weighted by molar-refractivity contribution is 14.1. The predicted octanol–water partition coefficient (Wildman–Crippen LogP) is 2.04. The van der Waals surface area contributed by atoms with Crippen molar-refractivity contribution in [3.05, 3.63) is 37.4 Å². The molecule has 0 aliphatic heterocycles. The van der Waals surface area contributed by atoms with Crippen molar-refractivity contribution in [2.75, 3.05) is 13.6 Å². The highest BCUT2D eigenvalue weighted by atomic mass is 127. The van der Waals surface area contributed by atoms with Crippen LogP contribution >= 0.6 is 22.6 Å². The van der Waals surface area contributed by atoms with E-state index in [-0.39, 0.29) is 17.7 Å². The van der Waals surface area contributed by atoms with E-state index in [4.69, 9.17) is 0 Å². The Morgan fingerprint density at radius 2 is 2.20 bits per heavy atom. The van der Waals surface area contributed by atoms with Gasteiger partial charge in [-0.1, -0.05) is 0 Å². The molecule has 0 radical (unpaired) electrons. The van der Waals surface area contributed by atoms with Crippen LogP contribution in [0.3, 0.4) is 0 Å². The molecule has 0 unspecified atom stereocenters. The molecule has 1 aliphatic rings. The number of carbonyl (C=O) groups excluding carboxylic acids is 1. The summed E-state index contributed by atoms with van der Waals surface area (Å²) in [5.74, 6) is 0.0924. The zero-order valence-electron chi connectivity index (χ0n) is 11.0. The van der Waals surface area contributed by atoms with E-state index in [0.717, 1.165) is 0 Å². The third-order valence-corrected chi connectivity index (χ3v) is 4.42. The second-order valence-electron chi connectivity index (χ2n) is 5.10. The Kier molecular flexibility index (Phi) is 4.59. The Morgan fingerprint density at radius 1 is 1.55 bits per heavy atom. The minimum atomic E-state index is -0.505. The summed E-state index contributed by atoms with van der Waals surface area (Å²) in [6, 6.07) is 4.28. The van der Waals surface area contributed by atoms with Gasteiger partial charge in [-0.15, -0.1) is 0 Å². The van der Waals surface area contributed by atoms with Gasteiger partial charge in [0.2, 0.25) is 0 Å². The third-order valence-electron chi connectivity index (χ3n) is 3.48. The summed E-state index contributed by atoms with van der Waals surface area (Å²) in [6.07, 6.45) is 1.18. The molecule has 0 aromatic heterocycles. The number of halogens is 1. The topological polar surface area (TPSA) is 83.7 Å². The molecule has 0 saturated heterocycles. The zero-order valence-corrected chi connectivity index (χ0v) is 13.1. The lowest BCUT2D eigenvalue weighted by Crippen LogP contribution is -2.39. The fourth-order valence-corrected chi connectivity index (χ4v) is 2.88. The van der Waals surface area contributed by atoms with Crippen LogP contribution in [0.4, 0.5) is 5.69 Å². The zero-order chi connectivity index (χ0) is 14.9. The van der Waals surface area contributed by atoms with Gasteiger partial charge in [-0.25, -0.2) is 0 Å². The summed E-state index contributed by atoms with van der Waals surface area (Å²) in [5, 5.41) is 20.0. The molecule has 1 fully saturated rings. The number of hydrogen-bond acceptors (Lipinski definition) is 4. The van der Waals surface area contributed by atoms with Crippen molar-refractivity contribution < 1.29 is 14.8 Å². The molecule has 2 rings (SSSR count). The van der Waals surface area contributed by atoms with Gasteiger partial charge in [0, 0.05) is 29.3 Å². The van der Waals surface area contributed by atoms with Crippen LogP contribution < -0.4 is 0 Å². The van der Waals surface area contributed by atoms with Gasteiger partial charge in [0.25, 0.3) is 11.6 Å². The highest BCUT2D eigenvalue weighted by Crippen LogP contribution is 2.28. The van der Waals surface area contributed by atoms with E-state index in [1.807, 2.05) is 22.6 Å². The second kappa shape index (κ2) is 6.04. The van der Waals surface area contributed by atoms with Crippen LogP contribution in [0.1, 0.15) is 23.2 Å². The molecule has 1 aliphatic carbocycles. The number of benzene rings is 1. The highest BCUT2D eigenvalue weighted by Gasteiger charge is 2.29. The van der Waals surface area contributed by atoms with Crippen LogP contribution in [-0.4, -0.2) is 40.5 Å². The van der Waals surface area contributed by atoms with Crippen molar-refractivity contribution in [2.45, 2.75) is 18.9 Å². The maximum atomic E-state index is 12.3. The van der Waals surface area contributed by atoms with Gasteiger partial charge in [0.1, 0.15) is 0 Å². The average Bonchev–Trinajstić information content (AvgIpc) is 2.36. The van der Waals surface area contributed by atoms with Crippen molar-refractivity contribution in [1.29, 1.82) is 0 Å². The summed E-state index contributed by atoms with van der Waals surface area (Å²) < 4.78 is 0.693. The van der Waals surface area contributed by atoms with Crippen molar-refractivity contribution in [1.82, 2.24) is 4.90 Å². The first-order valence-electron chi connectivity index (χ1n) is 6.26. The number of nitrogens with zero attached hydrogens (tertiary/aromatic N) is 2. The Balaban J connectivity index is 2.11. The van der Waals surface area contributed by atoms with Crippen LogP contribution in [-0.2, 0) is 0 Å². The molecule has 0 heterocycles. The van der Waals surface area contributed by atoms with Crippen LogP contribution in [0.5, 0.6) is 0 Å². The molecule has 0 atom stereocenters. The van der Waals surface area contributed by atoms with Crippen LogP contribution in [0.25, 0.3) is 0 Å². The summed E-state index contributed by atoms with van der Waals surface area (Å²) in [6.45, 7) is 0.564. The van der Waals surface area contributed by atoms with Crippen LogP contribution in [0.15, 0.2) is 18.2 Å². The fraction of sp³-hybridized carbons (Fsp3) is 0.462. The number of hydrogen-bond donors (Lipinski definition) is 1. The first-order chi connectivity index (χ1) is 9.38. The minimum Gasteiger partial charge on any atom is -0.393 e. The molecule has 6 nitrogen and oxygen atoms in total. The van der Waals surface area contributed by atoms with Crippen LogP contribution in [0, 0.1) is 19.6 Å². The molecule has 1 saturated carbocycles. The molecule has 0 bridgehead atoms. The van der Waals surface area contributed by atoms with Crippen molar-refractivity contribution in [3.8, 4) is 0 Å².